The highest BCUT2D eigenvalue weighted by atomic mass is 32.1. The molecule has 3 heterocycles. The highest BCUT2D eigenvalue weighted by molar-refractivity contribution is 7.09. The molecule has 0 atom stereocenters. The number of nitrogens with zero attached hydrogens (tertiary/aromatic N) is 4. The van der Waals surface area contributed by atoms with E-state index in [1.54, 1.807) is 11.3 Å². The van der Waals surface area contributed by atoms with Crippen LogP contribution < -0.4 is 4.90 Å². The van der Waals surface area contributed by atoms with Crippen LogP contribution in [0.25, 0.3) is 10.8 Å². The van der Waals surface area contributed by atoms with E-state index < -0.39 is 0 Å². The summed E-state index contributed by atoms with van der Waals surface area (Å²) < 4.78 is 0. The van der Waals surface area contributed by atoms with Crippen molar-refractivity contribution in [3.05, 3.63) is 58.0 Å². The van der Waals surface area contributed by atoms with Gasteiger partial charge in [-0.25, -0.2) is 4.98 Å². The first kappa shape index (κ1) is 18.3. The van der Waals surface area contributed by atoms with E-state index in [9.17, 15) is 9.59 Å². The molecule has 5 rings (SSSR count). The average Bonchev–Trinajstić information content (AvgIpc) is 3.26. The van der Waals surface area contributed by atoms with E-state index in [0.29, 0.717) is 26.2 Å². The van der Waals surface area contributed by atoms with Crippen LogP contribution in [0, 0.1) is 6.92 Å². The minimum absolute atomic E-state index is 0.0643. The van der Waals surface area contributed by atoms with Crippen LogP contribution in [-0.4, -0.2) is 59.4 Å². The Morgan fingerprint density at radius 1 is 1.10 bits per heavy atom. The molecule has 29 heavy (non-hydrogen) atoms. The van der Waals surface area contributed by atoms with Crippen LogP contribution in [0.3, 0.4) is 0 Å². The number of aryl methyl sites for hydroxylation is 1. The lowest BCUT2D eigenvalue weighted by atomic mass is 10.1. The van der Waals surface area contributed by atoms with Gasteiger partial charge in [0.1, 0.15) is 5.01 Å². The second-order valence-electron chi connectivity index (χ2n) is 7.61. The maximum absolute atomic E-state index is 13.0. The Labute approximate surface area is 173 Å². The maximum atomic E-state index is 13.0. The zero-order valence-electron chi connectivity index (χ0n) is 16.3. The number of rotatable bonds is 4. The molecule has 1 saturated heterocycles. The Hall–Kier alpha value is -2.77. The monoisotopic (exact) mass is 406 g/mol. The molecule has 1 fully saturated rings. The normalized spacial score (nSPS) is 16.8. The Morgan fingerprint density at radius 3 is 2.59 bits per heavy atom. The second-order valence-corrected chi connectivity index (χ2v) is 8.56. The molecule has 0 spiro atoms. The van der Waals surface area contributed by atoms with Crippen molar-refractivity contribution in [2.75, 3.05) is 37.7 Å². The van der Waals surface area contributed by atoms with Gasteiger partial charge in [0.25, 0.3) is 5.91 Å². The van der Waals surface area contributed by atoms with Crippen molar-refractivity contribution < 1.29 is 9.59 Å². The Bertz CT molecular complexity index is 1100. The molecule has 148 valence electrons. The smallest absolute Gasteiger partial charge is 0.260 e. The van der Waals surface area contributed by atoms with Crippen molar-refractivity contribution in [1.29, 1.82) is 0 Å². The third-order valence-electron chi connectivity index (χ3n) is 5.68. The molecular formula is C22H22N4O2S. The first-order valence-electron chi connectivity index (χ1n) is 9.85. The summed E-state index contributed by atoms with van der Waals surface area (Å²) >= 11 is 1.54. The first-order valence-corrected chi connectivity index (χ1v) is 10.7. The predicted octanol–water partition coefficient (Wildman–Crippen LogP) is 2.91. The summed E-state index contributed by atoms with van der Waals surface area (Å²) in [6.07, 6.45) is 0.375. The van der Waals surface area contributed by atoms with Gasteiger partial charge in [0.15, 0.2) is 0 Å². The standard InChI is InChI=1S/C22H22N4O2S/c1-15-13-29-19(23-15)12-20(27)25-10-8-24(9-11-25)14-26-18-7-3-5-16-4-2-6-17(21(16)18)22(26)28/h2-7,13H,8-12,14H2,1H3. The number of benzene rings is 2. The van der Waals surface area contributed by atoms with Crippen LogP contribution in [0.5, 0.6) is 0 Å². The fourth-order valence-corrected chi connectivity index (χ4v) is 4.95. The van der Waals surface area contributed by atoms with Crippen molar-refractivity contribution in [3.63, 3.8) is 0 Å². The summed E-state index contributed by atoms with van der Waals surface area (Å²) in [4.78, 5) is 35.9. The highest BCUT2D eigenvalue weighted by Gasteiger charge is 2.32. The SMILES string of the molecule is Cc1csc(CC(=O)N2CCN(CN3C(=O)c4cccc5cccc3c45)CC2)n1. The Balaban J connectivity index is 1.23. The molecule has 3 aromatic rings. The lowest BCUT2D eigenvalue weighted by Gasteiger charge is -2.36. The summed E-state index contributed by atoms with van der Waals surface area (Å²) in [6, 6.07) is 12.0. The molecule has 7 heteroatoms. The summed E-state index contributed by atoms with van der Waals surface area (Å²) in [5.41, 5.74) is 2.74. The van der Waals surface area contributed by atoms with Gasteiger partial charge in [-0.3, -0.25) is 19.4 Å². The first-order chi connectivity index (χ1) is 14.1. The van der Waals surface area contributed by atoms with Crippen LogP contribution in [-0.2, 0) is 11.2 Å². The Morgan fingerprint density at radius 2 is 1.86 bits per heavy atom. The topological polar surface area (TPSA) is 56.8 Å². The van der Waals surface area contributed by atoms with Gasteiger partial charge in [-0.2, -0.15) is 0 Å². The van der Waals surface area contributed by atoms with Crippen molar-refractivity contribution in [3.8, 4) is 0 Å². The zero-order valence-corrected chi connectivity index (χ0v) is 17.1. The molecule has 0 saturated carbocycles. The molecule has 0 unspecified atom stereocenters. The third kappa shape index (κ3) is 3.30. The van der Waals surface area contributed by atoms with Gasteiger partial charge >= 0.3 is 0 Å². The molecule has 0 radical (unpaired) electrons. The molecule has 0 aliphatic carbocycles. The minimum atomic E-state index is 0.0643. The van der Waals surface area contributed by atoms with Crippen LogP contribution in [0.1, 0.15) is 21.1 Å². The van der Waals surface area contributed by atoms with Gasteiger partial charge in [-0.05, 0) is 24.4 Å². The molecule has 1 aromatic heterocycles. The van der Waals surface area contributed by atoms with E-state index in [2.05, 4.69) is 9.88 Å². The average molecular weight is 407 g/mol. The van der Waals surface area contributed by atoms with E-state index in [1.165, 1.54) is 0 Å². The minimum Gasteiger partial charge on any atom is -0.340 e. The number of hydrogen-bond donors (Lipinski definition) is 0. The number of hydrogen-bond acceptors (Lipinski definition) is 5. The Kier molecular flexibility index (Phi) is 4.56. The van der Waals surface area contributed by atoms with Crippen LogP contribution in [0.15, 0.2) is 41.8 Å². The second kappa shape index (κ2) is 7.24. The molecule has 0 bridgehead atoms. The number of thiazole rings is 1. The van der Waals surface area contributed by atoms with Gasteiger partial charge in [-0.15, -0.1) is 11.3 Å². The molecular weight excluding hydrogens is 384 g/mol. The number of amides is 2. The molecule has 0 N–H and O–H groups in total. The summed E-state index contributed by atoms with van der Waals surface area (Å²) in [5.74, 6) is 0.197. The van der Waals surface area contributed by atoms with Crippen molar-refractivity contribution in [2.24, 2.45) is 0 Å². The number of carbonyl (C=O) groups is 2. The summed E-state index contributed by atoms with van der Waals surface area (Å²) in [6.45, 7) is 5.39. The highest BCUT2D eigenvalue weighted by Crippen LogP contribution is 2.37. The number of anilines is 1. The largest absolute Gasteiger partial charge is 0.340 e. The van der Waals surface area contributed by atoms with E-state index in [0.717, 1.165) is 45.8 Å². The van der Waals surface area contributed by atoms with Gasteiger partial charge in [0.05, 0.1) is 18.8 Å². The fourth-order valence-electron chi connectivity index (χ4n) is 4.18. The van der Waals surface area contributed by atoms with E-state index in [4.69, 9.17) is 0 Å². The quantitative estimate of drug-likeness (QED) is 0.669. The van der Waals surface area contributed by atoms with Crippen LogP contribution in [0.4, 0.5) is 5.69 Å². The van der Waals surface area contributed by atoms with Crippen molar-refractivity contribution in [2.45, 2.75) is 13.3 Å². The molecule has 6 nitrogen and oxygen atoms in total. The third-order valence-corrected chi connectivity index (χ3v) is 6.65. The summed E-state index contributed by atoms with van der Waals surface area (Å²) in [5, 5.41) is 5.01. The summed E-state index contributed by atoms with van der Waals surface area (Å²) in [7, 11) is 0. The zero-order chi connectivity index (χ0) is 20.0. The lowest BCUT2D eigenvalue weighted by molar-refractivity contribution is -0.132. The van der Waals surface area contributed by atoms with Gasteiger partial charge in [-0.1, -0.05) is 24.3 Å². The van der Waals surface area contributed by atoms with E-state index in [-0.39, 0.29) is 11.8 Å². The predicted molar refractivity (Wildman–Crippen MR) is 114 cm³/mol. The van der Waals surface area contributed by atoms with Gasteiger partial charge in [0.2, 0.25) is 5.91 Å². The molecule has 2 amide bonds. The van der Waals surface area contributed by atoms with Gasteiger partial charge < -0.3 is 4.90 Å². The van der Waals surface area contributed by atoms with E-state index >= 15 is 0 Å². The van der Waals surface area contributed by atoms with Crippen LogP contribution >= 0.6 is 11.3 Å². The molecule has 2 aromatic carbocycles. The number of carbonyl (C=O) groups excluding carboxylic acids is 2. The lowest BCUT2D eigenvalue weighted by Crippen LogP contribution is -2.52. The van der Waals surface area contributed by atoms with Gasteiger partial charge in [0, 0.05) is 48.2 Å². The van der Waals surface area contributed by atoms with Crippen LogP contribution in [0.2, 0.25) is 0 Å². The number of aromatic nitrogens is 1. The maximum Gasteiger partial charge on any atom is 0.260 e. The number of piperazine rings is 1. The van der Waals surface area contributed by atoms with Crippen molar-refractivity contribution >= 4 is 39.6 Å². The molecule has 2 aliphatic rings. The molecule has 2 aliphatic heterocycles. The van der Waals surface area contributed by atoms with Crippen molar-refractivity contribution in [1.82, 2.24) is 14.8 Å². The van der Waals surface area contributed by atoms with E-state index in [1.807, 2.05) is 58.5 Å². The fraction of sp³-hybridized carbons (Fsp3) is 0.318.